The van der Waals surface area contributed by atoms with Crippen molar-refractivity contribution in [1.82, 2.24) is 4.98 Å². The number of nitrogens with zero attached hydrogens (tertiary/aromatic N) is 1. The van der Waals surface area contributed by atoms with Crippen molar-refractivity contribution in [3.8, 4) is 0 Å². The summed E-state index contributed by atoms with van der Waals surface area (Å²) in [4.78, 5) is 16.4. The fraction of sp³-hybridized carbons (Fsp3) is 0.429. The summed E-state index contributed by atoms with van der Waals surface area (Å²) in [5.41, 5.74) is 3.62. The van der Waals surface area contributed by atoms with Crippen LogP contribution in [-0.2, 0) is 0 Å². The molecule has 2 radical (unpaired) electrons. The van der Waals surface area contributed by atoms with E-state index < -0.39 is 0 Å². The molecule has 0 fully saturated rings. The highest BCUT2D eigenvalue weighted by Gasteiger charge is 2.13. The van der Waals surface area contributed by atoms with E-state index in [-0.39, 0.29) is 11.7 Å². The highest BCUT2D eigenvalue weighted by molar-refractivity contribution is 6.37. The van der Waals surface area contributed by atoms with Crippen LogP contribution in [0.4, 0.5) is 0 Å². The van der Waals surface area contributed by atoms with Crippen LogP contribution in [0.3, 0.4) is 0 Å². The van der Waals surface area contributed by atoms with E-state index in [1.54, 1.807) is 6.08 Å². The number of hydrogen-bond acceptors (Lipinski definition) is 2. The summed E-state index contributed by atoms with van der Waals surface area (Å²) in [6, 6.07) is 1.94. The molecule has 0 saturated carbocycles. The number of allylic oxidation sites excluding steroid dienone is 2. The van der Waals surface area contributed by atoms with Crippen molar-refractivity contribution >= 4 is 19.1 Å². The molecule has 1 heterocycles. The van der Waals surface area contributed by atoms with E-state index in [0.29, 0.717) is 11.2 Å². The maximum Gasteiger partial charge on any atom is 0.203 e. The zero-order valence-electron chi connectivity index (χ0n) is 11.2. The third-order valence-electron chi connectivity index (χ3n) is 2.53. The van der Waals surface area contributed by atoms with Gasteiger partial charge in [-0.05, 0) is 38.8 Å². The second-order valence-electron chi connectivity index (χ2n) is 4.87. The molecule has 0 spiro atoms. The van der Waals surface area contributed by atoms with Crippen molar-refractivity contribution in [3.05, 3.63) is 34.7 Å². The van der Waals surface area contributed by atoms with Crippen molar-refractivity contribution in [2.75, 3.05) is 0 Å². The van der Waals surface area contributed by atoms with Gasteiger partial charge in [-0.3, -0.25) is 4.79 Å². The molecule has 0 aliphatic rings. The zero-order chi connectivity index (χ0) is 13.2. The molecular weight excluding hydrogens is 209 g/mol. The monoisotopic (exact) mass is 227 g/mol. The van der Waals surface area contributed by atoms with Crippen LogP contribution >= 0.6 is 0 Å². The average molecular weight is 227 g/mol. The fourth-order valence-electron chi connectivity index (χ4n) is 1.52. The van der Waals surface area contributed by atoms with Crippen LogP contribution in [0.2, 0.25) is 0 Å². The minimum atomic E-state index is -0.117. The van der Waals surface area contributed by atoms with Gasteiger partial charge in [-0.25, -0.2) is 4.98 Å². The summed E-state index contributed by atoms with van der Waals surface area (Å²) < 4.78 is 0. The van der Waals surface area contributed by atoms with Crippen LogP contribution in [0.5, 0.6) is 0 Å². The summed E-state index contributed by atoms with van der Waals surface area (Å²) >= 11 is 0. The summed E-state index contributed by atoms with van der Waals surface area (Å²) in [7, 11) is 5.92. The summed E-state index contributed by atoms with van der Waals surface area (Å²) in [6.07, 6.45) is 1.57. The molecule has 0 aliphatic heterocycles. The Labute approximate surface area is 105 Å². The van der Waals surface area contributed by atoms with Crippen molar-refractivity contribution in [1.29, 1.82) is 0 Å². The van der Waals surface area contributed by atoms with E-state index in [0.717, 1.165) is 16.8 Å². The summed E-state index contributed by atoms with van der Waals surface area (Å²) in [6.45, 7) is 9.77. The number of carbonyl (C=O) groups excluding carboxylic acids is 1. The maximum absolute atomic E-state index is 12.0. The highest BCUT2D eigenvalue weighted by atomic mass is 16.1. The van der Waals surface area contributed by atoms with Crippen LogP contribution in [0, 0.1) is 6.92 Å². The quantitative estimate of drug-likeness (QED) is 0.451. The number of ketones is 1. The normalized spacial score (nSPS) is 10.5. The van der Waals surface area contributed by atoms with Crippen LogP contribution in [0.25, 0.3) is 0 Å². The van der Waals surface area contributed by atoms with Crippen molar-refractivity contribution in [2.24, 2.45) is 0 Å². The van der Waals surface area contributed by atoms with E-state index in [2.05, 4.69) is 4.98 Å². The largest absolute Gasteiger partial charge is 0.288 e. The highest BCUT2D eigenvalue weighted by Crippen LogP contribution is 2.13. The standard InChI is InChI=1S/C14H18BNO/c1-8(2)6-12(17)14-13(15)10(5)7-11(16-14)9(3)4/h6-7,9H,1-5H3. The number of carbonyl (C=O) groups is 1. The average Bonchev–Trinajstić information content (AvgIpc) is 2.20. The van der Waals surface area contributed by atoms with Gasteiger partial charge in [0.1, 0.15) is 13.5 Å². The molecule has 0 saturated heterocycles. The van der Waals surface area contributed by atoms with Gasteiger partial charge < -0.3 is 0 Å². The summed E-state index contributed by atoms with van der Waals surface area (Å²) in [5.74, 6) is 0.167. The Morgan fingerprint density at radius 2 is 2.00 bits per heavy atom. The van der Waals surface area contributed by atoms with Gasteiger partial charge in [0.05, 0.1) is 0 Å². The minimum absolute atomic E-state index is 0.117. The van der Waals surface area contributed by atoms with Crippen molar-refractivity contribution in [2.45, 2.75) is 40.5 Å². The lowest BCUT2D eigenvalue weighted by Crippen LogP contribution is -2.22. The van der Waals surface area contributed by atoms with E-state index >= 15 is 0 Å². The topological polar surface area (TPSA) is 30.0 Å². The first-order valence-electron chi connectivity index (χ1n) is 5.79. The lowest BCUT2D eigenvalue weighted by molar-refractivity contribution is 0.104. The molecule has 1 aromatic heterocycles. The van der Waals surface area contributed by atoms with E-state index in [1.807, 2.05) is 40.7 Å². The molecule has 0 bridgehead atoms. The van der Waals surface area contributed by atoms with Gasteiger partial charge in [0.25, 0.3) is 0 Å². The first-order chi connectivity index (χ1) is 7.82. The molecule has 0 amide bonds. The molecule has 0 unspecified atom stereocenters. The molecule has 0 atom stereocenters. The molecule has 1 aromatic rings. The first kappa shape index (κ1) is 13.7. The third kappa shape index (κ3) is 3.29. The third-order valence-corrected chi connectivity index (χ3v) is 2.53. The van der Waals surface area contributed by atoms with Gasteiger partial charge >= 0.3 is 0 Å². The van der Waals surface area contributed by atoms with Gasteiger partial charge in [-0.1, -0.05) is 30.4 Å². The molecule has 17 heavy (non-hydrogen) atoms. The van der Waals surface area contributed by atoms with Crippen molar-refractivity contribution < 1.29 is 4.79 Å². The number of hydrogen-bond donors (Lipinski definition) is 0. The smallest absolute Gasteiger partial charge is 0.203 e. The second kappa shape index (κ2) is 5.30. The fourth-order valence-corrected chi connectivity index (χ4v) is 1.52. The molecular formula is C14H18BNO. The Hall–Kier alpha value is -1.38. The molecule has 88 valence electrons. The Bertz CT molecular complexity index is 471. The Kier molecular flexibility index (Phi) is 4.27. The van der Waals surface area contributed by atoms with Gasteiger partial charge in [0.2, 0.25) is 5.78 Å². The van der Waals surface area contributed by atoms with Gasteiger partial charge in [-0.2, -0.15) is 0 Å². The maximum atomic E-state index is 12.0. The molecule has 0 aromatic carbocycles. The lowest BCUT2D eigenvalue weighted by Gasteiger charge is -2.12. The minimum Gasteiger partial charge on any atom is -0.288 e. The number of aromatic nitrogens is 1. The van der Waals surface area contributed by atoms with Crippen molar-refractivity contribution in [3.63, 3.8) is 0 Å². The number of pyridine rings is 1. The van der Waals surface area contributed by atoms with Crippen LogP contribution in [0.1, 0.15) is 55.4 Å². The molecule has 0 aliphatic carbocycles. The number of rotatable bonds is 3. The second-order valence-corrected chi connectivity index (χ2v) is 4.87. The Morgan fingerprint density at radius 3 is 2.47 bits per heavy atom. The van der Waals surface area contributed by atoms with Crippen LogP contribution in [-0.4, -0.2) is 18.6 Å². The molecule has 2 nitrogen and oxygen atoms in total. The predicted molar refractivity (Wildman–Crippen MR) is 72.2 cm³/mol. The lowest BCUT2D eigenvalue weighted by atomic mass is 9.86. The van der Waals surface area contributed by atoms with Gasteiger partial charge in [0, 0.05) is 5.69 Å². The predicted octanol–water partition coefficient (Wildman–Crippen LogP) is 2.46. The molecule has 1 rings (SSSR count). The van der Waals surface area contributed by atoms with E-state index in [9.17, 15) is 4.79 Å². The SMILES string of the molecule is [B]c1c(C)cc(C(C)C)nc1C(=O)C=C(C)C. The Morgan fingerprint density at radius 1 is 1.41 bits per heavy atom. The first-order valence-corrected chi connectivity index (χ1v) is 5.79. The van der Waals surface area contributed by atoms with Gasteiger partial charge in [0.15, 0.2) is 0 Å². The Balaban J connectivity index is 3.32. The molecule has 0 N–H and O–H groups in total. The van der Waals surface area contributed by atoms with Gasteiger partial charge in [-0.15, -0.1) is 0 Å². The van der Waals surface area contributed by atoms with Crippen LogP contribution in [0.15, 0.2) is 17.7 Å². The number of aryl methyl sites for hydroxylation is 1. The van der Waals surface area contributed by atoms with E-state index in [4.69, 9.17) is 7.85 Å². The van der Waals surface area contributed by atoms with Crippen LogP contribution < -0.4 is 5.46 Å². The molecule has 3 heteroatoms. The summed E-state index contributed by atoms with van der Waals surface area (Å²) in [5, 5.41) is 0. The zero-order valence-corrected chi connectivity index (χ0v) is 11.2. The van der Waals surface area contributed by atoms with E-state index in [1.165, 1.54) is 0 Å².